The van der Waals surface area contributed by atoms with Crippen molar-refractivity contribution in [1.29, 1.82) is 0 Å². The van der Waals surface area contributed by atoms with Crippen molar-refractivity contribution in [3.8, 4) is 5.75 Å². The molecule has 1 amide bonds. The van der Waals surface area contributed by atoms with Crippen LogP contribution >= 0.6 is 0 Å². The number of carbonyl (C=O) groups is 1. The van der Waals surface area contributed by atoms with E-state index in [1.807, 2.05) is 0 Å². The van der Waals surface area contributed by atoms with Crippen LogP contribution in [0.3, 0.4) is 0 Å². The maximum atomic E-state index is 11.4. The zero-order valence-electron chi connectivity index (χ0n) is 8.38. The standard InChI is InChI=1S/C9H12N2O4S/c10-16(14,15)6-5-11-9(13)7-3-1-2-4-8(7)12/h1-4,12H,5-6H2,(H,11,13)(H2,10,14,15). The Morgan fingerprint density at radius 1 is 1.38 bits per heavy atom. The van der Waals surface area contributed by atoms with Crippen molar-refractivity contribution < 1.29 is 18.3 Å². The van der Waals surface area contributed by atoms with Crippen LogP contribution in [0.2, 0.25) is 0 Å². The molecule has 0 heterocycles. The van der Waals surface area contributed by atoms with Gasteiger partial charge in [0.25, 0.3) is 5.91 Å². The van der Waals surface area contributed by atoms with Crippen molar-refractivity contribution in [1.82, 2.24) is 5.32 Å². The molecule has 0 atom stereocenters. The molecule has 88 valence electrons. The van der Waals surface area contributed by atoms with Crippen molar-refractivity contribution in [3.63, 3.8) is 0 Å². The molecule has 0 fully saturated rings. The molecule has 0 spiro atoms. The van der Waals surface area contributed by atoms with Gasteiger partial charge in [0.15, 0.2) is 0 Å². The number of hydrogen-bond donors (Lipinski definition) is 3. The van der Waals surface area contributed by atoms with Crippen LogP contribution in [0.15, 0.2) is 24.3 Å². The van der Waals surface area contributed by atoms with E-state index < -0.39 is 15.9 Å². The highest BCUT2D eigenvalue weighted by Crippen LogP contribution is 2.14. The molecule has 0 unspecified atom stereocenters. The number of hydrogen-bond acceptors (Lipinski definition) is 4. The molecule has 0 aliphatic rings. The SMILES string of the molecule is NS(=O)(=O)CCNC(=O)c1ccccc1O. The average molecular weight is 244 g/mol. The first kappa shape index (κ1) is 12.5. The van der Waals surface area contributed by atoms with Gasteiger partial charge >= 0.3 is 0 Å². The van der Waals surface area contributed by atoms with E-state index in [-0.39, 0.29) is 23.6 Å². The number of primary sulfonamides is 1. The number of carbonyl (C=O) groups excluding carboxylic acids is 1. The highest BCUT2D eigenvalue weighted by molar-refractivity contribution is 7.89. The van der Waals surface area contributed by atoms with E-state index in [0.717, 1.165) is 0 Å². The molecule has 0 aliphatic heterocycles. The van der Waals surface area contributed by atoms with Gasteiger partial charge in [-0.05, 0) is 12.1 Å². The number of amides is 1. The number of nitrogens with two attached hydrogens (primary N) is 1. The normalized spacial score (nSPS) is 11.1. The van der Waals surface area contributed by atoms with Gasteiger partial charge in [-0.3, -0.25) is 4.79 Å². The van der Waals surface area contributed by atoms with E-state index >= 15 is 0 Å². The van der Waals surface area contributed by atoms with Crippen LogP contribution in [0.1, 0.15) is 10.4 Å². The van der Waals surface area contributed by atoms with Crippen LogP contribution in [-0.2, 0) is 10.0 Å². The van der Waals surface area contributed by atoms with Crippen LogP contribution in [0.4, 0.5) is 0 Å². The summed E-state index contributed by atoms with van der Waals surface area (Å²) in [7, 11) is -3.59. The van der Waals surface area contributed by atoms with E-state index in [1.165, 1.54) is 12.1 Å². The molecule has 7 heteroatoms. The molecule has 1 aromatic carbocycles. The second-order valence-electron chi connectivity index (χ2n) is 3.14. The lowest BCUT2D eigenvalue weighted by Crippen LogP contribution is -2.31. The minimum atomic E-state index is -3.59. The van der Waals surface area contributed by atoms with Gasteiger partial charge in [-0.1, -0.05) is 12.1 Å². The smallest absolute Gasteiger partial charge is 0.255 e. The van der Waals surface area contributed by atoms with Gasteiger partial charge in [0.2, 0.25) is 10.0 Å². The number of rotatable bonds is 4. The molecule has 0 aliphatic carbocycles. The third-order valence-corrected chi connectivity index (χ3v) is 2.59. The Bertz CT molecular complexity index is 484. The Labute approximate surface area is 93.1 Å². The number of nitrogens with one attached hydrogen (secondary N) is 1. The highest BCUT2D eigenvalue weighted by atomic mass is 32.2. The molecule has 0 saturated carbocycles. The van der Waals surface area contributed by atoms with Crippen molar-refractivity contribution in [2.24, 2.45) is 5.14 Å². The van der Waals surface area contributed by atoms with Crippen molar-refractivity contribution in [3.05, 3.63) is 29.8 Å². The minimum Gasteiger partial charge on any atom is -0.507 e. The van der Waals surface area contributed by atoms with E-state index in [0.29, 0.717) is 0 Å². The van der Waals surface area contributed by atoms with Gasteiger partial charge in [0.1, 0.15) is 5.75 Å². The number of benzene rings is 1. The van der Waals surface area contributed by atoms with Gasteiger partial charge in [-0.25, -0.2) is 13.6 Å². The Morgan fingerprint density at radius 2 is 2.00 bits per heavy atom. The monoisotopic (exact) mass is 244 g/mol. The molecule has 0 radical (unpaired) electrons. The molecule has 1 rings (SSSR count). The van der Waals surface area contributed by atoms with Gasteiger partial charge < -0.3 is 10.4 Å². The first-order chi connectivity index (χ1) is 7.40. The second-order valence-corrected chi connectivity index (χ2v) is 4.87. The zero-order chi connectivity index (χ0) is 12.2. The average Bonchev–Trinajstić information content (AvgIpc) is 2.16. The van der Waals surface area contributed by atoms with E-state index in [1.54, 1.807) is 12.1 Å². The maximum Gasteiger partial charge on any atom is 0.255 e. The summed E-state index contributed by atoms with van der Waals surface area (Å²) in [6, 6.07) is 5.97. The Balaban J connectivity index is 2.57. The number of aromatic hydroxyl groups is 1. The summed E-state index contributed by atoms with van der Waals surface area (Å²) in [5, 5.41) is 16.4. The van der Waals surface area contributed by atoms with Crippen molar-refractivity contribution in [2.45, 2.75) is 0 Å². The molecule has 6 nitrogen and oxygen atoms in total. The van der Waals surface area contributed by atoms with Gasteiger partial charge in [0, 0.05) is 6.54 Å². The molecule has 4 N–H and O–H groups in total. The lowest BCUT2D eigenvalue weighted by molar-refractivity contribution is 0.0953. The van der Waals surface area contributed by atoms with Crippen molar-refractivity contribution >= 4 is 15.9 Å². The first-order valence-electron chi connectivity index (χ1n) is 4.47. The topological polar surface area (TPSA) is 109 Å². The molecule has 16 heavy (non-hydrogen) atoms. The van der Waals surface area contributed by atoms with E-state index in [9.17, 15) is 18.3 Å². The summed E-state index contributed by atoms with van der Waals surface area (Å²) in [6.45, 7) is -0.0913. The summed E-state index contributed by atoms with van der Waals surface area (Å²) in [6.07, 6.45) is 0. The summed E-state index contributed by atoms with van der Waals surface area (Å²) >= 11 is 0. The van der Waals surface area contributed by atoms with Crippen LogP contribution in [0.5, 0.6) is 5.75 Å². The van der Waals surface area contributed by atoms with E-state index in [2.05, 4.69) is 5.32 Å². The van der Waals surface area contributed by atoms with Gasteiger partial charge in [-0.2, -0.15) is 0 Å². The molecule has 0 bridgehead atoms. The summed E-state index contributed by atoms with van der Waals surface area (Å²) < 4.78 is 21.2. The largest absolute Gasteiger partial charge is 0.507 e. The maximum absolute atomic E-state index is 11.4. The second kappa shape index (κ2) is 4.95. The van der Waals surface area contributed by atoms with Gasteiger partial charge in [0.05, 0.1) is 11.3 Å². The minimum absolute atomic E-state index is 0.0913. The Hall–Kier alpha value is -1.60. The quantitative estimate of drug-likeness (QED) is 0.657. The molecule has 1 aromatic rings. The fraction of sp³-hybridized carbons (Fsp3) is 0.222. The number of sulfonamides is 1. The zero-order valence-corrected chi connectivity index (χ0v) is 9.20. The lowest BCUT2D eigenvalue weighted by Gasteiger charge is -2.05. The third-order valence-electron chi connectivity index (χ3n) is 1.82. The molecule has 0 aromatic heterocycles. The van der Waals surface area contributed by atoms with Crippen LogP contribution < -0.4 is 10.5 Å². The highest BCUT2D eigenvalue weighted by Gasteiger charge is 2.10. The van der Waals surface area contributed by atoms with Crippen LogP contribution in [0, 0.1) is 0 Å². The molecule has 0 saturated heterocycles. The van der Waals surface area contributed by atoms with Gasteiger partial charge in [-0.15, -0.1) is 0 Å². The van der Waals surface area contributed by atoms with Crippen LogP contribution in [-0.4, -0.2) is 31.7 Å². The first-order valence-corrected chi connectivity index (χ1v) is 6.18. The summed E-state index contributed by atoms with van der Waals surface area (Å²) in [5.74, 6) is -1.04. The molecular weight excluding hydrogens is 232 g/mol. The number of phenolic OH excluding ortho intramolecular Hbond substituents is 1. The third kappa shape index (κ3) is 3.87. The fourth-order valence-electron chi connectivity index (χ4n) is 1.07. The lowest BCUT2D eigenvalue weighted by atomic mass is 10.2. The van der Waals surface area contributed by atoms with E-state index in [4.69, 9.17) is 5.14 Å². The predicted molar refractivity (Wildman–Crippen MR) is 58.4 cm³/mol. The molecular formula is C9H12N2O4S. The Morgan fingerprint density at radius 3 is 2.56 bits per heavy atom. The fourth-order valence-corrected chi connectivity index (χ4v) is 1.45. The van der Waals surface area contributed by atoms with Crippen LogP contribution in [0.25, 0.3) is 0 Å². The number of phenols is 1. The summed E-state index contributed by atoms with van der Waals surface area (Å²) in [5.41, 5.74) is 0.0944. The summed E-state index contributed by atoms with van der Waals surface area (Å²) in [4.78, 5) is 11.4. The Kier molecular flexibility index (Phi) is 3.86. The van der Waals surface area contributed by atoms with Crippen molar-refractivity contribution in [2.75, 3.05) is 12.3 Å². The predicted octanol–water partition coefficient (Wildman–Crippen LogP) is -0.589. The number of para-hydroxylation sites is 1.